The highest BCUT2D eigenvalue weighted by molar-refractivity contribution is 6.33. The molecule has 0 aliphatic heterocycles. The SMILES string of the molecule is CC(C)(C)OCN(C(=O)O)c1nc(Cl)cc(Cl)n1. The van der Waals surface area contributed by atoms with Crippen LogP contribution in [0.1, 0.15) is 20.8 Å². The summed E-state index contributed by atoms with van der Waals surface area (Å²) < 4.78 is 5.37. The molecule has 1 rings (SSSR count). The number of anilines is 1. The Balaban J connectivity index is 2.94. The Hall–Kier alpha value is -1.11. The first-order valence-corrected chi connectivity index (χ1v) is 5.79. The molecule has 0 bridgehead atoms. The number of aromatic nitrogens is 2. The highest BCUT2D eigenvalue weighted by atomic mass is 35.5. The number of halogens is 2. The number of nitrogens with zero attached hydrogens (tertiary/aromatic N) is 3. The molecule has 0 saturated carbocycles. The standard InChI is InChI=1S/C10H13Cl2N3O3/c1-10(2,3)18-5-15(9(16)17)8-13-6(11)4-7(12)14-8/h4H,5H2,1-3H3,(H,16,17). The molecule has 0 fully saturated rings. The molecule has 0 saturated heterocycles. The Morgan fingerprint density at radius 1 is 1.39 bits per heavy atom. The van der Waals surface area contributed by atoms with Crippen molar-refractivity contribution in [2.75, 3.05) is 11.6 Å². The van der Waals surface area contributed by atoms with Crippen molar-refractivity contribution in [2.24, 2.45) is 0 Å². The van der Waals surface area contributed by atoms with E-state index in [0.717, 1.165) is 4.90 Å². The summed E-state index contributed by atoms with van der Waals surface area (Å²) in [4.78, 5) is 19.5. The van der Waals surface area contributed by atoms with E-state index in [1.54, 1.807) is 20.8 Å². The van der Waals surface area contributed by atoms with Gasteiger partial charge in [-0.25, -0.2) is 19.7 Å². The maximum Gasteiger partial charge on any atom is 0.416 e. The monoisotopic (exact) mass is 293 g/mol. The molecule has 0 spiro atoms. The highest BCUT2D eigenvalue weighted by Crippen LogP contribution is 2.18. The van der Waals surface area contributed by atoms with Crippen LogP contribution in [0.15, 0.2) is 6.07 Å². The second-order valence-electron chi connectivity index (χ2n) is 4.41. The van der Waals surface area contributed by atoms with Crippen LogP contribution in [-0.2, 0) is 4.74 Å². The molecular formula is C10H13Cl2N3O3. The summed E-state index contributed by atoms with van der Waals surface area (Å²) in [5, 5.41) is 9.21. The Bertz CT molecular complexity index is 428. The fourth-order valence-corrected chi connectivity index (χ4v) is 1.37. The van der Waals surface area contributed by atoms with Crippen LogP contribution in [-0.4, -0.2) is 33.5 Å². The van der Waals surface area contributed by atoms with Crippen LogP contribution in [0, 0.1) is 0 Å². The zero-order valence-electron chi connectivity index (χ0n) is 10.1. The molecule has 100 valence electrons. The van der Waals surface area contributed by atoms with Gasteiger partial charge in [0.25, 0.3) is 0 Å². The topological polar surface area (TPSA) is 75.5 Å². The van der Waals surface area contributed by atoms with Gasteiger partial charge >= 0.3 is 6.09 Å². The summed E-state index contributed by atoms with van der Waals surface area (Å²) in [7, 11) is 0. The zero-order chi connectivity index (χ0) is 13.9. The average molecular weight is 294 g/mol. The average Bonchev–Trinajstić information content (AvgIpc) is 2.13. The molecule has 0 aromatic carbocycles. The molecular weight excluding hydrogens is 281 g/mol. The molecule has 6 nitrogen and oxygen atoms in total. The van der Waals surface area contributed by atoms with Gasteiger partial charge in [-0.2, -0.15) is 0 Å². The molecule has 0 radical (unpaired) electrons. The van der Waals surface area contributed by atoms with E-state index in [2.05, 4.69) is 9.97 Å². The molecule has 1 aromatic rings. The third-order valence-electron chi connectivity index (χ3n) is 1.75. The molecule has 0 unspecified atom stereocenters. The van der Waals surface area contributed by atoms with Gasteiger partial charge in [0.15, 0.2) is 0 Å². The van der Waals surface area contributed by atoms with Crippen LogP contribution < -0.4 is 4.90 Å². The van der Waals surface area contributed by atoms with Crippen LogP contribution in [0.3, 0.4) is 0 Å². The van der Waals surface area contributed by atoms with Gasteiger partial charge in [-0.15, -0.1) is 0 Å². The first-order chi connectivity index (χ1) is 8.19. The van der Waals surface area contributed by atoms with Crippen molar-refractivity contribution < 1.29 is 14.6 Å². The smallest absolute Gasteiger partial charge is 0.416 e. The van der Waals surface area contributed by atoms with E-state index >= 15 is 0 Å². The minimum Gasteiger partial charge on any atom is -0.465 e. The van der Waals surface area contributed by atoms with Crippen LogP contribution in [0.5, 0.6) is 0 Å². The van der Waals surface area contributed by atoms with E-state index in [-0.39, 0.29) is 23.0 Å². The normalized spacial score (nSPS) is 11.4. The summed E-state index contributed by atoms with van der Waals surface area (Å²) in [5.74, 6) is -0.121. The van der Waals surface area contributed by atoms with Crippen molar-refractivity contribution in [3.05, 3.63) is 16.4 Å². The van der Waals surface area contributed by atoms with Gasteiger partial charge in [0.2, 0.25) is 5.95 Å². The fraction of sp³-hybridized carbons (Fsp3) is 0.500. The summed E-state index contributed by atoms with van der Waals surface area (Å²) in [6.07, 6.45) is -1.25. The minimum atomic E-state index is -1.25. The highest BCUT2D eigenvalue weighted by Gasteiger charge is 2.21. The van der Waals surface area contributed by atoms with E-state index in [9.17, 15) is 4.79 Å². The molecule has 0 atom stereocenters. The lowest BCUT2D eigenvalue weighted by atomic mass is 10.2. The maximum atomic E-state index is 11.1. The number of ether oxygens (including phenoxy) is 1. The first-order valence-electron chi connectivity index (χ1n) is 5.03. The number of rotatable bonds is 3. The molecule has 1 N–H and O–H groups in total. The number of hydrogen-bond acceptors (Lipinski definition) is 4. The van der Waals surface area contributed by atoms with Crippen molar-refractivity contribution in [1.82, 2.24) is 9.97 Å². The Kier molecular flexibility index (Phi) is 4.72. The second kappa shape index (κ2) is 5.69. The van der Waals surface area contributed by atoms with Crippen LogP contribution in [0.4, 0.5) is 10.7 Å². The Morgan fingerprint density at radius 2 is 1.89 bits per heavy atom. The van der Waals surface area contributed by atoms with E-state index in [1.807, 2.05) is 0 Å². The van der Waals surface area contributed by atoms with Crippen molar-refractivity contribution in [2.45, 2.75) is 26.4 Å². The predicted octanol–water partition coefficient (Wildman–Crippen LogP) is 3.04. The molecule has 1 amide bonds. The van der Waals surface area contributed by atoms with Gasteiger partial charge < -0.3 is 9.84 Å². The minimum absolute atomic E-state index is 0.0620. The van der Waals surface area contributed by atoms with Crippen molar-refractivity contribution in [3.8, 4) is 0 Å². The molecule has 0 aliphatic rings. The molecule has 8 heteroatoms. The lowest BCUT2D eigenvalue weighted by Gasteiger charge is -2.24. The van der Waals surface area contributed by atoms with Crippen molar-refractivity contribution in [1.29, 1.82) is 0 Å². The Morgan fingerprint density at radius 3 is 2.28 bits per heavy atom. The van der Waals surface area contributed by atoms with Gasteiger partial charge in [-0.1, -0.05) is 23.2 Å². The van der Waals surface area contributed by atoms with E-state index in [0.29, 0.717) is 0 Å². The molecule has 18 heavy (non-hydrogen) atoms. The Labute approximate surface area is 114 Å². The number of amides is 1. The molecule has 0 aliphatic carbocycles. The zero-order valence-corrected chi connectivity index (χ0v) is 11.7. The number of carbonyl (C=O) groups is 1. The van der Waals surface area contributed by atoms with Crippen LogP contribution in [0.25, 0.3) is 0 Å². The van der Waals surface area contributed by atoms with Gasteiger partial charge in [0.05, 0.1) is 5.60 Å². The van der Waals surface area contributed by atoms with E-state index in [4.69, 9.17) is 33.0 Å². The molecule has 1 aromatic heterocycles. The quantitative estimate of drug-likeness (QED) is 0.685. The fourth-order valence-electron chi connectivity index (χ4n) is 0.956. The lowest BCUT2D eigenvalue weighted by molar-refractivity contribution is -0.00158. The predicted molar refractivity (Wildman–Crippen MR) is 68.3 cm³/mol. The van der Waals surface area contributed by atoms with E-state index < -0.39 is 11.7 Å². The summed E-state index contributed by atoms with van der Waals surface area (Å²) in [6.45, 7) is 5.20. The summed E-state index contributed by atoms with van der Waals surface area (Å²) in [6, 6.07) is 1.32. The summed E-state index contributed by atoms with van der Waals surface area (Å²) in [5.41, 5.74) is -0.490. The lowest BCUT2D eigenvalue weighted by Crippen LogP contribution is -2.37. The number of carboxylic acid groups (broad SMARTS) is 1. The third-order valence-corrected chi connectivity index (χ3v) is 2.14. The molecule has 1 heterocycles. The van der Waals surface area contributed by atoms with Crippen LogP contribution >= 0.6 is 23.2 Å². The summed E-state index contributed by atoms with van der Waals surface area (Å²) >= 11 is 11.4. The van der Waals surface area contributed by atoms with Crippen LogP contribution in [0.2, 0.25) is 10.3 Å². The number of hydrogen-bond donors (Lipinski definition) is 1. The second-order valence-corrected chi connectivity index (χ2v) is 5.18. The van der Waals surface area contributed by atoms with Gasteiger partial charge in [0, 0.05) is 6.07 Å². The first kappa shape index (κ1) is 14.9. The van der Waals surface area contributed by atoms with Crippen molar-refractivity contribution in [3.63, 3.8) is 0 Å². The van der Waals surface area contributed by atoms with E-state index in [1.165, 1.54) is 6.07 Å². The van der Waals surface area contributed by atoms with Gasteiger partial charge in [-0.3, -0.25) is 0 Å². The largest absolute Gasteiger partial charge is 0.465 e. The van der Waals surface area contributed by atoms with Gasteiger partial charge in [0.1, 0.15) is 17.0 Å². The van der Waals surface area contributed by atoms with Crippen molar-refractivity contribution >= 4 is 35.2 Å². The third kappa shape index (κ3) is 4.64. The van der Waals surface area contributed by atoms with Gasteiger partial charge in [-0.05, 0) is 20.8 Å². The maximum absolute atomic E-state index is 11.1.